The lowest BCUT2D eigenvalue weighted by Crippen LogP contribution is -2.59. The molecule has 0 aromatic carbocycles. The van der Waals surface area contributed by atoms with Gasteiger partial charge in [-0.15, -0.1) is 0 Å². The van der Waals surface area contributed by atoms with Crippen LogP contribution in [0.15, 0.2) is 4.99 Å². The van der Waals surface area contributed by atoms with Crippen LogP contribution in [0.4, 0.5) is 0 Å². The second-order valence-corrected chi connectivity index (χ2v) is 2.13. The molecule has 0 amide bonds. The average Bonchev–Trinajstić information content (AvgIpc) is 2.11. The third-order valence-corrected chi connectivity index (χ3v) is 1.31. The van der Waals surface area contributed by atoms with Crippen LogP contribution in [0.1, 0.15) is 0 Å². The lowest BCUT2D eigenvalue weighted by molar-refractivity contribution is -0.427. The van der Waals surface area contributed by atoms with Crippen molar-refractivity contribution in [1.29, 1.82) is 0 Å². The zero-order valence-electron chi connectivity index (χ0n) is 5.58. The molecular weight excluding hydrogens is 174 g/mol. The fourth-order valence-corrected chi connectivity index (χ4v) is 0.632. The number of guanidine groups is 1. The Kier molecular flexibility index (Phi) is 1.72. The predicted octanol–water partition coefficient (Wildman–Crippen LogP) is -3.70. The number of nitrogens with one attached hydrogen (secondary N) is 1. The van der Waals surface area contributed by atoms with Crippen LogP contribution in [0, 0.1) is 0 Å². The van der Waals surface area contributed by atoms with Crippen molar-refractivity contribution in [3.63, 3.8) is 0 Å². The fourth-order valence-electron chi connectivity index (χ4n) is 0.632. The van der Waals surface area contributed by atoms with Gasteiger partial charge in [-0.2, -0.15) is 10.1 Å². The van der Waals surface area contributed by atoms with E-state index in [-0.39, 0.29) is 0 Å². The van der Waals surface area contributed by atoms with Gasteiger partial charge in [-0.1, -0.05) is 0 Å². The summed E-state index contributed by atoms with van der Waals surface area (Å²) in [5, 5.41) is 51.4. The molecule has 0 saturated heterocycles. The maximum absolute atomic E-state index is 8.76. The molecule has 0 saturated carbocycles. The number of rotatable bonds is 0. The van der Waals surface area contributed by atoms with Crippen molar-refractivity contribution >= 4 is 5.96 Å². The molecule has 70 valence electrons. The summed E-state index contributed by atoms with van der Waals surface area (Å²) in [6.45, 7) is 0. The Labute approximate surface area is 65.3 Å². The van der Waals surface area contributed by atoms with Crippen LogP contribution in [0.5, 0.6) is 0 Å². The van der Waals surface area contributed by atoms with Crippen LogP contribution in [-0.4, -0.2) is 53.7 Å². The van der Waals surface area contributed by atoms with Gasteiger partial charge in [-0.3, -0.25) is 10.4 Å². The number of hydrogen-bond donors (Lipinski definition) is 7. The van der Waals surface area contributed by atoms with Crippen LogP contribution in [-0.2, 0) is 0 Å². The van der Waals surface area contributed by atoms with Gasteiger partial charge in [0.1, 0.15) is 0 Å². The van der Waals surface area contributed by atoms with E-state index < -0.39 is 22.8 Å². The maximum Gasteiger partial charge on any atom is 0.353 e. The van der Waals surface area contributed by atoms with Crippen LogP contribution < -0.4 is 5.48 Å². The van der Waals surface area contributed by atoms with Gasteiger partial charge in [0.05, 0.1) is 0 Å². The maximum atomic E-state index is 8.76. The van der Waals surface area contributed by atoms with Gasteiger partial charge in [0.15, 0.2) is 0 Å². The fraction of sp³-hybridized carbons (Fsp3) is 0.667. The quantitative estimate of drug-likeness (QED) is 0.149. The van der Waals surface area contributed by atoms with Crippen LogP contribution in [0.25, 0.3) is 0 Å². The van der Waals surface area contributed by atoms with E-state index in [0.29, 0.717) is 0 Å². The summed E-state index contributed by atoms with van der Waals surface area (Å²) in [5.41, 5.74) is 1.21. The third-order valence-electron chi connectivity index (χ3n) is 1.31. The second kappa shape index (κ2) is 2.26. The van der Waals surface area contributed by atoms with E-state index >= 15 is 0 Å². The highest BCUT2D eigenvalue weighted by Crippen LogP contribution is 2.27. The largest absolute Gasteiger partial charge is 0.353 e. The van der Waals surface area contributed by atoms with Crippen molar-refractivity contribution in [2.24, 2.45) is 4.99 Å². The first-order valence-corrected chi connectivity index (χ1v) is 2.71. The van der Waals surface area contributed by atoms with Gasteiger partial charge in [0.2, 0.25) is 0 Å². The minimum absolute atomic E-state index is 0.451. The Morgan fingerprint density at radius 2 is 1.75 bits per heavy atom. The highest BCUT2D eigenvalue weighted by atomic mass is 16.7. The summed E-state index contributed by atoms with van der Waals surface area (Å²) < 4.78 is 0. The predicted molar refractivity (Wildman–Crippen MR) is 30.3 cm³/mol. The molecule has 0 bridgehead atoms. The molecule has 12 heavy (non-hydrogen) atoms. The molecule has 0 radical (unpaired) electrons. The molecule has 9 heteroatoms. The molecule has 1 rings (SSSR count). The van der Waals surface area contributed by atoms with Crippen molar-refractivity contribution < 1.29 is 30.8 Å². The lowest BCUT2D eigenvalue weighted by atomic mass is 10.4. The molecule has 0 aromatic rings. The molecule has 0 fully saturated rings. The molecule has 1 aliphatic heterocycles. The molecule has 1 aliphatic rings. The Bertz CT molecular complexity index is 224. The van der Waals surface area contributed by atoms with E-state index in [4.69, 9.17) is 30.8 Å². The second-order valence-electron chi connectivity index (χ2n) is 2.13. The molecule has 0 spiro atoms. The van der Waals surface area contributed by atoms with Crippen LogP contribution in [0.2, 0.25) is 0 Å². The summed E-state index contributed by atoms with van der Waals surface area (Å²) in [6.07, 6.45) is 0. The highest BCUT2D eigenvalue weighted by molar-refractivity contribution is 5.80. The van der Waals surface area contributed by atoms with E-state index in [0.717, 1.165) is 0 Å². The van der Waals surface area contributed by atoms with Crippen molar-refractivity contribution in [3.05, 3.63) is 0 Å². The zero-order valence-corrected chi connectivity index (χ0v) is 5.58. The van der Waals surface area contributed by atoms with Crippen molar-refractivity contribution in [2.45, 2.75) is 11.8 Å². The van der Waals surface area contributed by atoms with Gasteiger partial charge in [-0.05, 0) is 0 Å². The molecule has 1 heterocycles. The average molecular weight is 181 g/mol. The minimum atomic E-state index is -3.40. The molecule has 0 aliphatic carbocycles. The number of aliphatic imine (C=N–C) groups is 1. The van der Waals surface area contributed by atoms with Gasteiger partial charge in [-0.25, -0.2) is 5.48 Å². The Morgan fingerprint density at radius 3 is 1.92 bits per heavy atom. The molecule has 7 N–H and O–H groups in total. The van der Waals surface area contributed by atoms with E-state index in [1.807, 2.05) is 0 Å². The molecule has 0 atom stereocenters. The first-order valence-electron chi connectivity index (χ1n) is 2.71. The number of aliphatic hydroxyl groups is 4. The van der Waals surface area contributed by atoms with Crippen LogP contribution >= 0.6 is 0 Å². The minimum Gasteiger partial charge on any atom is -0.341 e. The Balaban J connectivity index is 3.02. The Morgan fingerprint density at radius 1 is 1.25 bits per heavy atom. The molecule has 0 unspecified atom stereocenters. The van der Waals surface area contributed by atoms with Gasteiger partial charge >= 0.3 is 11.8 Å². The van der Waals surface area contributed by atoms with Crippen molar-refractivity contribution in [2.75, 3.05) is 0 Å². The smallest absolute Gasteiger partial charge is 0.341 e. The highest BCUT2D eigenvalue weighted by Gasteiger charge is 2.60. The normalized spacial score (nSPS) is 25.5. The summed E-state index contributed by atoms with van der Waals surface area (Å²) in [7, 11) is 0. The van der Waals surface area contributed by atoms with E-state index in [2.05, 4.69) is 4.99 Å². The molecule has 9 nitrogen and oxygen atoms in total. The summed E-state index contributed by atoms with van der Waals surface area (Å²) in [5.74, 6) is -7.63. The van der Waals surface area contributed by atoms with E-state index in [1.54, 1.807) is 0 Å². The third kappa shape index (κ3) is 0.929. The zero-order chi connectivity index (χ0) is 9.57. The lowest BCUT2D eigenvalue weighted by Gasteiger charge is -2.28. The first kappa shape index (κ1) is 9.12. The van der Waals surface area contributed by atoms with Crippen molar-refractivity contribution in [1.82, 2.24) is 10.5 Å². The monoisotopic (exact) mass is 181 g/mol. The SMILES string of the molecule is ONC1=NC(O)(O)C(O)(O)N1O. The molecular formula is C3H7N3O6. The summed E-state index contributed by atoms with van der Waals surface area (Å²) in [4.78, 5) is 2.72. The molecule has 0 aromatic heterocycles. The summed E-state index contributed by atoms with van der Waals surface area (Å²) >= 11 is 0. The van der Waals surface area contributed by atoms with Gasteiger partial charge in [0, 0.05) is 0 Å². The van der Waals surface area contributed by atoms with Gasteiger partial charge in [0.25, 0.3) is 5.96 Å². The number of nitrogens with zero attached hydrogens (tertiary/aromatic N) is 2. The van der Waals surface area contributed by atoms with Crippen LogP contribution in [0.3, 0.4) is 0 Å². The van der Waals surface area contributed by atoms with Gasteiger partial charge < -0.3 is 20.4 Å². The van der Waals surface area contributed by atoms with E-state index in [9.17, 15) is 0 Å². The number of hydroxylamine groups is 3. The first-order chi connectivity index (χ1) is 5.33. The Hall–Kier alpha value is -0.970. The van der Waals surface area contributed by atoms with Crippen molar-refractivity contribution in [3.8, 4) is 0 Å². The van der Waals surface area contributed by atoms with E-state index in [1.165, 1.54) is 5.48 Å². The number of hydrogen-bond acceptors (Lipinski definition) is 9. The standard InChI is InChI=1S/C3H7N3O6/c7-2(8)3(9,10)6(12)1(4-2)5-11/h7-12H,(H,4,5). The topological polar surface area (TPSA) is 149 Å². The summed E-state index contributed by atoms with van der Waals surface area (Å²) in [6, 6.07) is 0.